The Morgan fingerprint density at radius 1 is 1.27 bits per heavy atom. The summed E-state index contributed by atoms with van der Waals surface area (Å²) >= 11 is 0. The van der Waals surface area contributed by atoms with E-state index >= 15 is 0 Å². The molecule has 0 heterocycles. The highest BCUT2D eigenvalue weighted by atomic mass is 16.5. The maximum absolute atomic E-state index is 11.4. The van der Waals surface area contributed by atoms with Gasteiger partial charge in [-0.05, 0) is 49.9 Å². The first-order valence-electron chi connectivity index (χ1n) is 5.91. The minimum Gasteiger partial charge on any atom is -0.481 e. The van der Waals surface area contributed by atoms with Gasteiger partial charge < -0.3 is 9.84 Å². The number of hydrogen-bond donors (Lipinski definition) is 1. The van der Waals surface area contributed by atoms with Crippen LogP contribution in [0.1, 0.15) is 32.1 Å². The summed E-state index contributed by atoms with van der Waals surface area (Å²) in [7, 11) is 1.78. The second kappa shape index (κ2) is 2.97. The number of carboxylic acid groups (broad SMARTS) is 1. The quantitative estimate of drug-likeness (QED) is 0.757. The van der Waals surface area contributed by atoms with Crippen LogP contribution in [-0.4, -0.2) is 24.3 Å². The van der Waals surface area contributed by atoms with Gasteiger partial charge in [0, 0.05) is 7.11 Å². The van der Waals surface area contributed by atoms with Gasteiger partial charge in [0.15, 0.2) is 0 Å². The van der Waals surface area contributed by atoms with Crippen molar-refractivity contribution >= 4 is 5.97 Å². The molecule has 0 saturated heterocycles. The molecule has 4 saturated carbocycles. The van der Waals surface area contributed by atoms with Crippen molar-refractivity contribution in [3.63, 3.8) is 0 Å². The Morgan fingerprint density at radius 2 is 1.87 bits per heavy atom. The molecular weight excluding hydrogens is 192 g/mol. The molecule has 15 heavy (non-hydrogen) atoms. The highest BCUT2D eigenvalue weighted by Crippen LogP contribution is 2.60. The van der Waals surface area contributed by atoms with E-state index in [9.17, 15) is 9.90 Å². The fourth-order valence-electron chi connectivity index (χ4n) is 4.62. The Hall–Kier alpha value is -0.570. The monoisotopic (exact) mass is 210 g/mol. The predicted octanol–water partition coefficient (Wildman–Crippen LogP) is 1.91. The maximum atomic E-state index is 11.4. The second-order valence-electron chi connectivity index (χ2n) is 5.76. The van der Waals surface area contributed by atoms with Crippen LogP contribution in [0.5, 0.6) is 0 Å². The smallest absolute Gasteiger partial charge is 0.309 e. The average molecular weight is 210 g/mol. The number of methoxy groups -OCH3 is 1. The summed E-state index contributed by atoms with van der Waals surface area (Å²) in [5.74, 6) is 1.12. The van der Waals surface area contributed by atoms with Crippen LogP contribution in [0.3, 0.4) is 0 Å². The molecule has 84 valence electrons. The lowest BCUT2D eigenvalue weighted by Gasteiger charge is -2.57. The Balaban J connectivity index is 1.92. The maximum Gasteiger partial charge on any atom is 0.309 e. The van der Waals surface area contributed by atoms with Gasteiger partial charge in [0.25, 0.3) is 0 Å². The van der Waals surface area contributed by atoms with Crippen molar-refractivity contribution in [2.45, 2.75) is 38.2 Å². The lowest BCUT2D eigenvalue weighted by molar-refractivity contribution is -0.182. The molecule has 0 radical (unpaired) electrons. The van der Waals surface area contributed by atoms with Gasteiger partial charge in [-0.1, -0.05) is 0 Å². The average Bonchev–Trinajstić information content (AvgIpc) is 2.16. The molecule has 4 aliphatic carbocycles. The third-order valence-corrected chi connectivity index (χ3v) is 4.91. The Kier molecular flexibility index (Phi) is 1.91. The molecule has 5 atom stereocenters. The predicted molar refractivity (Wildman–Crippen MR) is 54.4 cm³/mol. The first kappa shape index (κ1) is 9.64. The normalized spacial score (nSPS) is 52.1. The Labute approximate surface area is 89.8 Å². The fourth-order valence-corrected chi connectivity index (χ4v) is 4.62. The van der Waals surface area contributed by atoms with Crippen molar-refractivity contribution in [1.29, 1.82) is 0 Å². The first-order chi connectivity index (χ1) is 7.14. The minimum absolute atomic E-state index is 0.342. The van der Waals surface area contributed by atoms with Gasteiger partial charge in [0.05, 0.1) is 11.5 Å². The van der Waals surface area contributed by atoms with Crippen LogP contribution in [-0.2, 0) is 9.53 Å². The van der Waals surface area contributed by atoms with E-state index in [0.717, 1.165) is 19.3 Å². The summed E-state index contributed by atoms with van der Waals surface area (Å²) in [5, 5.41) is 9.40. The van der Waals surface area contributed by atoms with Crippen molar-refractivity contribution in [2.75, 3.05) is 7.11 Å². The molecule has 3 heteroatoms. The molecular formula is C12H18O3. The Morgan fingerprint density at radius 3 is 2.33 bits per heavy atom. The van der Waals surface area contributed by atoms with Crippen LogP contribution in [0, 0.1) is 23.2 Å². The van der Waals surface area contributed by atoms with Gasteiger partial charge in [-0.2, -0.15) is 0 Å². The number of ether oxygens (including phenoxy) is 1. The van der Waals surface area contributed by atoms with Crippen LogP contribution in [0.25, 0.3) is 0 Å². The molecule has 0 aromatic rings. The van der Waals surface area contributed by atoms with Gasteiger partial charge in [-0.3, -0.25) is 4.79 Å². The Bertz CT molecular complexity index is 283. The van der Waals surface area contributed by atoms with Gasteiger partial charge >= 0.3 is 5.97 Å². The van der Waals surface area contributed by atoms with E-state index in [1.165, 1.54) is 12.8 Å². The third kappa shape index (κ3) is 1.19. The van der Waals surface area contributed by atoms with E-state index in [1.54, 1.807) is 7.11 Å². The molecule has 0 amide bonds. The zero-order valence-electron chi connectivity index (χ0n) is 9.11. The molecule has 3 nitrogen and oxygen atoms in total. The van der Waals surface area contributed by atoms with E-state index < -0.39 is 5.97 Å². The lowest BCUT2D eigenvalue weighted by Crippen LogP contribution is -2.56. The summed E-state index contributed by atoms with van der Waals surface area (Å²) in [4.78, 5) is 11.4. The molecule has 4 rings (SSSR count). The summed E-state index contributed by atoms with van der Waals surface area (Å²) in [6, 6.07) is 0. The van der Waals surface area contributed by atoms with Crippen LogP contribution in [0.4, 0.5) is 0 Å². The number of aliphatic carboxylic acids is 1. The summed E-state index contributed by atoms with van der Waals surface area (Å²) < 4.78 is 5.56. The van der Waals surface area contributed by atoms with E-state index in [0.29, 0.717) is 23.9 Å². The third-order valence-electron chi connectivity index (χ3n) is 4.91. The van der Waals surface area contributed by atoms with Crippen LogP contribution in [0.15, 0.2) is 0 Å². The largest absolute Gasteiger partial charge is 0.481 e. The molecule has 0 spiro atoms. The minimum atomic E-state index is -0.559. The standard InChI is InChI=1S/C12H18O3/c1-15-10-8-2-7-3-9(10)6-12(4-7,5-8)11(13)14/h7-10H,2-6H2,1H3,(H,13,14)/t7?,8-,9+,10?,12?. The van der Waals surface area contributed by atoms with Crippen LogP contribution < -0.4 is 0 Å². The summed E-state index contributed by atoms with van der Waals surface area (Å²) in [5.41, 5.74) is -0.383. The van der Waals surface area contributed by atoms with Gasteiger partial charge in [-0.25, -0.2) is 0 Å². The SMILES string of the molecule is COC1[C@@H]2CC3C[C@H]1CC(C(=O)O)(C3)C2. The van der Waals surface area contributed by atoms with Crippen molar-refractivity contribution < 1.29 is 14.6 Å². The van der Waals surface area contributed by atoms with Crippen molar-refractivity contribution in [1.82, 2.24) is 0 Å². The second-order valence-corrected chi connectivity index (χ2v) is 5.76. The zero-order chi connectivity index (χ0) is 10.6. The molecule has 4 aliphatic rings. The molecule has 4 fully saturated rings. The highest BCUT2D eigenvalue weighted by Gasteiger charge is 2.58. The number of carbonyl (C=O) groups is 1. The summed E-state index contributed by atoms with van der Waals surface area (Å²) in [6.45, 7) is 0. The van der Waals surface area contributed by atoms with E-state index in [2.05, 4.69) is 0 Å². The van der Waals surface area contributed by atoms with Gasteiger partial charge in [0.1, 0.15) is 0 Å². The molecule has 1 N–H and O–H groups in total. The van der Waals surface area contributed by atoms with Gasteiger partial charge in [0.2, 0.25) is 0 Å². The van der Waals surface area contributed by atoms with E-state index in [1.807, 2.05) is 0 Å². The van der Waals surface area contributed by atoms with E-state index in [-0.39, 0.29) is 5.41 Å². The number of hydrogen-bond acceptors (Lipinski definition) is 2. The molecule has 0 aromatic heterocycles. The zero-order valence-corrected chi connectivity index (χ0v) is 9.11. The number of carboxylic acids is 1. The van der Waals surface area contributed by atoms with Crippen molar-refractivity contribution in [3.05, 3.63) is 0 Å². The van der Waals surface area contributed by atoms with Crippen molar-refractivity contribution in [2.24, 2.45) is 23.2 Å². The first-order valence-corrected chi connectivity index (χ1v) is 5.91. The summed E-state index contributed by atoms with van der Waals surface area (Å²) in [6.07, 6.45) is 5.37. The van der Waals surface area contributed by atoms with Crippen LogP contribution >= 0.6 is 0 Å². The van der Waals surface area contributed by atoms with Gasteiger partial charge in [-0.15, -0.1) is 0 Å². The topological polar surface area (TPSA) is 46.5 Å². The van der Waals surface area contributed by atoms with E-state index in [4.69, 9.17) is 4.74 Å². The number of rotatable bonds is 2. The van der Waals surface area contributed by atoms with Crippen LogP contribution in [0.2, 0.25) is 0 Å². The molecule has 4 bridgehead atoms. The lowest BCUT2D eigenvalue weighted by atomic mass is 9.48. The molecule has 0 aliphatic heterocycles. The van der Waals surface area contributed by atoms with Crippen molar-refractivity contribution in [3.8, 4) is 0 Å². The fraction of sp³-hybridized carbons (Fsp3) is 0.917. The molecule has 3 unspecified atom stereocenters. The highest BCUT2D eigenvalue weighted by molar-refractivity contribution is 5.75. The molecule has 0 aromatic carbocycles.